The molecule has 20 heavy (non-hydrogen) atoms. The molecule has 0 radical (unpaired) electrons. The number of amides is 1. The summed E-state index contributed by atoms with van der Waals surface area (Å²) in [6.07, 6.45) is 3.06. The van der Waals surface area contributed by atoms with Gasteiger partial charge in [0.2, 0.25) is 0 Å². The first-order valence-electron chi connectivity index (χ1n) is 6.31. The van der Waals surface area contributed by atoms with Crippen molar-refractivity contribution in [3.8, 4) is 11.3 Å². The van der Waals surface area contributed by atoms with Crippen LogP contribution in [-0.4, -0.2) is 29.9 Å². The molecular formula is C15H15N3O2. The maximum atomic E-state index is 12.1. The normalized spacial score (nSPS) is 15.8. The van der Waals surface area contributed by atoms with E-state index in [2.05, 4.69) is 10.3 Å². The third-order valence-electron chi connectivity index (χ3n) is 3.51. The smallest absolute Gasteiger partial charge is 0.258 e. The minimum Gasteiger partial charge on any atom is -0.444 e. The molecule has 0 unspecified atom stereocenters. The van der Waals surface area contributed by atoms with Crippen molar-refractivity contribution in [2.24, 2.45) is 0 Å². The van der Waals surface area contributed by atoms with Gasteiger partial charge in [0.15, 0.2) is 12.2 Å². The molecule has 5 nitrogen and oxygen atoms in total. The van der Waals surface area contributed by atoms with Crippen molar-refractivity contribution in [1.29, 1.82) is 0 Å². The van der Waals surface area contributed by atoms with Gasteiger partial charge in [0.1, 0.15) is 0 Å². The summed E-state index contributed by atoms with van der Waals surface area (Å²) in [7, 11) is 3.85. The summed E-state index contributed by atoms with van der Waals surface area (Å²) < 4.78 is 5.31. The van der Waals surface area contributed by atoms with Crippen LogP contribution in [-0.2, 0) is 4.79 Å². The van der Waals surface area contributed by atoms with Crippen LogP contribution in [0.2, 0.25) is 0 Å². The number of nitrogens with one attached hydrogen (secondary N) is 1. The number of allylic oxidation sites excluding steroid dienone is 1. The van der Waals surface area contributed by atoms with Gasteiger partial charge in [-0.05, 0) is 25.1 Å². The lowest BCUT2D eigenvalue weighted by atomic mass is 10.0. The number of aromatic nitrogens is 1. The predicted molar refractivity (Wildman–Crippen MR) is 76.8 cm³/mol. The van der Waals surface area contributed by atoms with Crippen LogP contribution in [0.3, 0.4) is 0 Å². The molecule has 0 spiro atoms. The average Bonchev–Trinajstić information content (AvgIpc) is 3.03. The van der Waals surface area contributed by atoms with Crippen molar-refractivity contribution in [2.75, 3.05) is 19.4 Å². The van der Waals surface area contributed by atoms with Crippen LogP contribution in [0.4, 0.5) is 5.69 Å². The zero-order chi connectivity index (χ0) is 14.3. The first-order chi connectivity index (χ1) is 9.58. The van der Waals surface area contributed by atoms with Crippen molar-refractivity contribution in [2.45, 2.75) is 6.92 Å². The molecule has 2 heterocycles. The molecule has 3 rings (SSSR count). The van der Waals surface area contributed by atoms with E-state index in [1.807, 2.05) is 44.1 Å². The number of fused-ring (bicyclic) bond motifs is 1. The van der Waals surface area contributed by atoms with Crippen molar-refractivity contribution in [3.05, 3.63) is 42.1 Å². The van der Waals surface area contributed by atoms with Crippen LogP contribution in [0, 0.1) is 0 Å². The van der Waals surface area contributed by atoms with E-state index in [1.54, 1.807) is 6.20 Å². The number of anilines is 1. The van der Waals surface area contributed by atoms with E-state index >= 15 is 0 Å². The van der Waals surface area contributed by atoms with Crippen LogP contribution in [0.5, 0.6) is 0 Å². The Balaban J connectivity index is 2.16. The van der Waals surface area contributed by atoms with E-state index in [9.17, 15) is 4.79 Å². The number of benzene rings is 1. The molecule has 1 aliphatic heterocycles. The van der Waals surface area contributed by atoms with Crippen molar-refractivity contribution < 1.29 is 9.21 Å². The molecule has 0 fully saturated rings. The predicted octanol–water partition coefficient (Wildman–Crippen LogP) is 2.59. The van der Waals surface area contributed by atoms with Crippen molar-refractivity contribution in [1.82, 2.24) is 9.88 Å². The first-order valence-corrected chi connectivity index (χ1v) is 6.31. The number of hydrogen-bond donors (Lipinski definition) is 1. The van der Waals surface area contributed by atoms with Gasteiger partial charge in [-0.2, -0.15) is 0 Å². The molecule has 0 atom stereocenters. The number of nitrogens with zero attached hydrogens (tertiary/aromatic N) is 2. The van der Waals surface area contributed by atoms with Crippen LogP contribution in [0.1, 0.15) is 12.5 Å². The van der Waals surface area contributed by atoms with E-state index in [0.29, 0.717) is 11.3 Å². The van der Waals surface area contributed by atoms with E-state index in [-0.39, 0.29) is 5.91 Å². The van der Waals surface area contributed by atoms with Crippen LogP contribution in [0.25, 0.3) is 16.9 Å². The Bertz CT molecular complexity index is 700. The minimum absolute atomic E-state index is 0.0686. The Labute approximate surface area is 116 Å². The van der Waals surface area contributed by atoms with Gasteiger partial charge in [0.05, 0.1) is 11.8 Å². The van der Waals surface area contributed by atoms with Crippen molar-refractivity contribution >= 4 is 17.2 Å². The van der Waals surface area contributed by atoms with E-state index in [1.165, 1.54) is 6.39 Å². The standard InChI is InChI=1S/C15H15N3O2/c1-9(18(2)3)14-11-6-10(13-7-16-8-20-13)4-5-12(11)17-15(14)19/h4-8H,1-3H3,(H,17,19)/b14-9-. The maximum Gasteiger partial charge on any atom is 0.258 e. The largest absolute Gasteiger partial charge is 0.444 e. The molecule has 0 saturated carbocycles. The molecule has 1 aromatic heterocycles. The minimum atomic E-state index is -0.0686. The lowest BCUT2D eigenvalue weighted by Crippen LogP contribution is -2.14. The summed E-state index contributed by atoms with van der Waals surface area (Å²) >= 11 is 0. The summed E-state index contributed by atoms with van der Waals surface area (Å²) in [4.78, 5) is 18.0. The fourth-order valence-electron chi connectivity index (χ4n) is 2.26. The monoisotopic (exact) mass is 269 g/mol. The number of carbonyl (C=O) groups is 1. The van der Waals surface area contributed by atoms with Gasteiger partial charge < -0.3 is 14.6 Å². The molecule has 1 aromatic carbocycles. The molecule has 102 valence electrons. The quantitative estimate of drug-likeness (QED) is 0.851. The van der Waals surface area contributed by atoms with E-state index < -0.39 is 0 Å². The van der Waals surface area contributed by atoms with Crippen LogP contribution < -0.4 is 5.32 Å². The Morgan fingerprint density at radius 2 is 2.15 bits per heavy atom. The summed E-state index contributed by atoms with van der Waals surface area (Å²) in [6, 6.07) is 5.75. The maximum absolute atomic E-state index is 12.1. The van der Waals surface area contributed by atoms with Gasteiger partial charge in [-0.3, -0.25) is 4.79 Å². The van der Waals surface area contributed by atoms with Gasteiger partial charge in [0.25, 0.3) is 5.91 Å². The van der Waals surface area contributed by atoms with Gasteiger partial charge in [0, 0.05) is 36.6 Å². The highest BCUT2D eigenvalue weighted by atomic mass is 16.3. The Kier molecular flexibility index (Phi) is 2.82. The fourth-order valence-corrected chi connectivity index (χ4v) is 2.26. The lowest BCUT2D eigenvalue weighted by Gasteiger charge is -2.15. The van der Waals surface area contributed by atoms with E-state index in [4.69, 9.17) is 4.42 Å². The second-order valence-electron chi connectivity index (χ2n) is 4.94. The molecule has 0 bridgehead atoms. The zero-order valence-corrected chi connectivity index (χ0v) is 11.6. The number of hydrogen-bond acceptors (Lipinski definition) is 4. The Morgan fingerprint density at radius 3 is 2.80 bits per heavy atom. The van der Waals surface area contributed by atoms with Crippen molar-refractivity contribution in [3.63, 3.8) is 0 Å². The molecular weight excluding hydrogens is 254 g/mol. The van der Waals surface area contributed by atoms with Gasteiger partial charge in [-0.15, -0.1) is 0 Å². The van der Waals surface area contributed by atoms with Crippen LogP contribution >= 0.6 is 0 Å². The second-order valence-corrected chi connectivity index (χ2v) is 4.94. The van der Waals surface area contributed by atoms with Gasteiger partial charge in [-0.25, -0.2) is 4.98 Å². The summed E-state index contributed by atoms with van der Waals surface area (Å²) in [5.41, 5.74) is 4.26. The van der Waals surface area contributed by atoms with E-state index in [0.717, 1.165) is 22.5 Å². The average molecular weight is 269 g/mol. The first kappa shape index (κ1) is 12.5. The second kappa shape index (κ2) is 4.52. The summed E-state index contributed by atoms with van der Waals surface area (Å²) in [5.74, 6) is 0.620. The Morgan fingerprint density at radius 1 is 1.35 bits per heavy atom. The topological polar surface area (TPSA) is 58.4 Å². The van der Waals surface area contributed by atoms with Gasteiger partial charge >= 0.3 is 0 Å². The third-order valence-corrected chi connectivity index (χ3v) is 3.51. The lowest BCUT2D eigenvalue weighted by molar-refractivity contribution is -0.110. The summed E-state index contributed by atoms with van der Waals surface area (Å²) in [6.45, 7) is 1.94. The molecule has 0 saturated heterocycles. The highest BCUT2D eigenvalue weighted by molar-refractivity contribution is 6.32. The third kappa shape index (κ3) is 1.87. The number of oxazole rings is 1. The fraction of sp³-hybridized carbons (Fsp3) is 0.200. The Hall–Kier alpha value is -2.56. The molecule has 0 aliphatic carbocycles. The molecule has 1 amide bonds. The summed E-state index contributed by atoms with van der Waals surface area (Å²) in [5, 5.41) is 2.89. The number of carbonyl (C=O) groups excluding carboxylic acids is 1. The highest BCUT2D eigenvalue weighted by Gasteiger charge is 2.27. The SMILES string of the molecule is C/C(=C1/C(=O)Nc2ccc(-c3cnco3)cc21)N(C)C. The molecule has 5 heteroatoms. The molecule has 2 aromatic rings. The highest BCUT2D eigenvalue weighted by Crippen LogP contribution is 2.37. The van der Waals surface area contributed by atoms with Crippen LogP contribution in [0.15, 0.2) is 40.9 Å². The zero-order valence-electron chi connectivity index (χ0n) is 11.6. The number of rotatable bonds is 2. The molecule has 1 N–H and O–H groups in total. The molecule has 1 aliphatic rings. The van der Waals surface area contributed by atoms with Gasteiger partial charge in [-0.1, -0.05) is 0 Å².